The summed E-state index contributed by atoms with van der Waals surface area (Å²) in [7, 11) is 0. The summed E-state index contributed by atoms with van der Waals surface area (Å²) in [4.78, 5) is 15.6. The fraction of sp³-hybridized carbons (Fsp3) is 0.375. The minimum atomic E-state index is -0.759. The second kappa shape index (κ2) is 7.88. The molecule has 2 aromatic rings. The molecule has 0 radical (unpaired) electrons. The fourth-order valence-corrected chi connectivity index (χ4v) is 3.21. The summed E-state index contributed by atoms with van der Waals surface area (Å²) >= 11 is 1.46. The van der Waals surface area contributed by atoms with Gasteiger partial charge < -0.3 is 9.67 Å². The van der Waals surface area contributed by atoms with Crippen LogP contribution in [0.2, 0.25) is 0 Å². The highest BCUT2D eigenvalue weighted by molar-refractivity contribution is 7.99. The molecule has 2 rings (SSSR count). The Balaban J connectivity index is 1.97. The fourth-order valence-electron chi connectivity index (χ4n) is 2.14. The monoisotopic (exact) mass is 304 g/mol. The average molecular weight is 304 g/mol. The first kappa shape index (κ1) is 15.6. The molecule has 1 aromatic carbocycles. The van der Waals surface area contributed by atoms with Crippen molar-refractivity contribution in [2.45, 2.75) is 37.3 Å². The predicted octanol–water partition coefficient (Wildman–Crippen LogP) is 3.22. The lowest BCUT2D eigenvalue weighted by molar-refractivity contribution is -0.136. The van der Waals surface area contributed by atoms with Crippen LogP contribution in [-0.2, 0) is 23.5 Å². The number of thioether (sulfide) groups is 1. The van der Waals surface area contributed by atoms with Crippen LogP contribution < -0.4 is 0 Å². The van der Waals surface area contributed by atoms with Crippen LogP contribution in [0.4, 0.5) is 0 Å². The molecular weight excluding hydrogens is 284 g/mol. The number of aromatic nitrogens is 2. The molecule has 1 unspecified atom stereocenters. The van der Waals surface area contributed by atoms with Gasteiger partial charge in [0.05, 0.1) is 6.33 Å². The van der Waals surface area contributed by atoms with E-state index in [1.54, 1.807) is 0 Å². The number of carbonyl (C=O) groups is 1. The Morgan fingerprint density at radius 1 is 1.38 bits per heavy atom. The van der Waals surface area contributed by atoms with Crippen molar-refractivity contribution >= 4 is 17.7 Å². The summed E-state index contributed by atoms with van der Waals surface area (Å²) in [6.45, 7) is 3.04. The van der Waals surface area contributed by atoms with Gasteiger partial charge in [0.1, 0.15) is 5.25 Å². The third kappa shape index (κ3) is 4.63. The van der Waals surface area contributed by atoms with E-state index in [0.29, 0.717) is 12.2 Å². The summed E-state index contributed by atoms with van der Waals surface area (Å²) in [6.07, 6.45) is 5.22. The van der Waals surface area contributed by atoms with Crippen molar-refractivity contribution < 1.29 is 9.90 Å². The van der Waals surface area contributed by atoms with Crippen molar-refractivity contribution in [1.29, 1.82) is 0 Å². The van der Waals surface area contributed by atoms with Crippen molar-refractivity contribution in [2.24, 2.45) is 0 Å². The van der Waals surface area contributed by atoms with Gasteiger partial charge in [0, 0.05) is 24.2 Å². The van der Waals surface area contributed by atoms with Crippen LogP contribution >= 0.6 is 11.8 Å². The lowest BCUT2D eigenvalue weighted by Gasteiger charge is -2.13. The molecule has 1 atom stereocenters. The highest BCUT2D eigenvalue weighted by Gasteiger charge is 2.19. The number of aliphatic carboxylic acids is 1. The van der Waals surface area contributed by atoms with Gasteiger partial charge in [0.2, 0.25) is 0 Å². The maximum absolute atomic E-state index is 11.4. The van der Waals surface area contributed by atoms with E-state index < -0.39 is 11.2 Å². The number of hydrogen-bond acceptors (Lipinski definition) is 3. The summed E-state index contributed by atoms with van der Waals surface area (Å²) in [5.41, 5.74) is 2.14. The molecular formula is C16H20N2O2S. The predicted molar refractivity (Wildman–Crippen MR) is 85.4 cm³/mol. The third-order valence-electron chi connectivity index (χ3n) is 3.23. The zero-order chi connectivity index (χ0) is 15.1. The van der Waals surface area contributed by atoms with E-state index in [4.69, 9.17) is 0 Å². The van der Waals surface area contributed by atoms with Gasteiger partial charge in [0.25, 0.3) is 0 Å². The molecule has 21 heavy (non-hydrogen) atoms. The van der Waals surface area contributed by atoms with Crippen molar-refractivity contribution in [3.63, 3.8) is 0 Å². The molecule has 5 heteroatoms. The van der Waals surface area contributed by atoms with Crippen molar-refractivity contribution in [3.8, 4) is 0 Å². The molecule has 0 aliphatic heterocycles. The molecule has 0 fully saturated rings. The summed E-state index contributed by atoms with van der Waals surface area (Å²) in [6, 6.07) is 9.76. The molecule has 0 amide bonds. The van der Waals surface area contributed by atoms with Gasteiger partial charge in [-0.2, -0.15) is 0 Å². The molecule has 0 aliphatic rings. The summed E-state index contributed by atoms with van der Waals surface area (Å²) in [5, 5.41) is 8.96. The molecule has 4 nitrogen and oxygen atoms in total. The minimum Gasteiger partial charge on any atom is -0.480 e. The molecule has 1 N–H and O–H groups in total. The lowest BCUT2D eigenvalue weighted by atomic mass is 10.1. The number of benzene rings is 1. The number of hydrogen-bond donors (Lipinski definition) is 1. The van der Waals surface area contributed by atoms with Gasteiger partial charge in [-0.25, -0.2) is 4.98 Å². The van der Waals surface area contributed by atoms with Gasteiger partial charge in [-0.3, -0.25) is 4.79 Å². The van der Waals surface area contributed by atoms with Crippen LogP contribution in [0.5, 0.6) is 0 Å². The van der Waals surface area contributed by atoms with Crippen molar-refractivity contribution in [3.05, 3.63) is 54.1 Å². The molecule has 112 valence electrons. The zero-order valence-electron chi connectivity index (χ0n) is 12.1. The van der Waals surface area contributed by atoms with Crippen LogP contribution in [0.3, 0.4) is 0 Å². The molecule has 1 aromatic heterocycles. The number of imidazole rings is 1. The Bertz CT molecular complexity index is 569. The lowest BCUT2D eigenvalue weighted by Crippen LogP contribution is -2.19. The number of rotatable bonds is 8. The van der Waals surface area contributed by atoms with E-state index in [1.807, 2.05) is 42.9 Å². The van der Waals surface area contributed by atoms with E-state index in [0.717, 1.165) is 24.2 Å². The standard InChI is InChI=1S/C16H20N2O2S/c1-2-8-18-12-17-10-14(18)11-21-15(16(19)20)9-13-6-4-3-5-7-13/h3-7,10,12,15H,2,8-9,11H2,1H3,(H,19,20). The SMILES string of the molecule is CCCn1cncc1CSC(Cc1ccccc1)C(=O)O. The van der Waals surface area contributed by atoms with E-state index >= 15 is 0 Å². The van der Waals surface area contributed by atoms with Gasteiger partial charge in [-0.1, -0.05) is 37.3 Å². The Morgan fingerprint density at radius 2 is 2.14 bits per heavy atom. The van der Waals surface area contributed by atoms with Crippen LogP contribution in [0.25, 0.3) is 0 Å². The first-order valence-electron chi connectivity index (χ1n) is 7.08. The highest BCUT2D eigenvalue weighted by atomic mass is 32.2. The number of nitrogens with zero attached hydrogens (tertiary/aromatic N) is 2. The van der Waals surface area contributed by atoms with E-state index in [-0.39, 0.29) is 0 Å². The third-order valence-corrected chi connectivity index (χ3v) is 4.47. The van der Waals surface area contributed by atoms with E-state index in [9.17, 15) is 9.90 Å². The van der Waals surface area contributed by atoms with E-state index in [1.165, 1.54) is 11.8 Å². The molecule has 0 saturated heterocycles. The topological polar surface area (TPSA) is 55.1 Å². The van der Waals surface area contributed by atoms with Crippen molar-refractivity contribution in [2.75, 3.05) is 0 Å². The first-order valence-corrected chi connectivity index (χ1v) is 8.13. The van der Waals surface area contributed by atoms with Crippen molar-refractivity contribution in [1.82, 2.24) is 9.55 Å². The molecule has 0 spiro atoms. The maximum Gasteiger partial charge on any atom is 0.316 e. The molecule has 0 aliphatic carbocycles. The number of carboxylic acid groups (broad SMARTS) is 1. The van der Waals surface area contributed by atoms with Crippen LogP contribution in [0.15, 0.2) is 42.9 Å². The molecule has 0 bridgehead atoms. The van der Waals surface area contributed by atoms with Gasteiger partial charge in [-0.15, -0.1) is 11.8 Å². The highest BCUT2D eigenvalue weighted by Crippen LogP contribution is 2.22. The number of aryl methyl sites for hydroxylation is 1. The smallest absolute Gasteiger partial charge is 0.316 e. The Kier molecular flexibility index (Phi) is 5.87. The van der Waals surface area contributed by atoms with Crippen LogP contribution in [-0.4, -0.2) is 25.9 Å². The van der Waals surface area contributed by atoms with Crippen LogP contribution in [0, 0.1) is 0 Å². The second-order valence-corrected chi connectivity index (χ2v) is 6.10. The summed E-state index contributed by atoms with van der Waals surface area (Å²) in [5.74, 6) is -0.0884. The maximum atomic E-state index is 11.4. The Labute approximate surface area is 129 Å². The summed E-state index contributed by atoms with van der Waals surface area (Å²) < 4.78 is 2.09. The van der Waals surface area contributed by atoms with E-state index in [2.05, 4.69) is 16.5 Å². The van der Waals surface area contributed by atoms with Gasteiger partial charge >= 0.3 is 5.97 Å². The molecule has 0 saturated carbocycles. The number of carboxylic acids is 1. The zero-order valence-corrected chi connectivity index (χ0v) is 12.9. The minimum absolute atomic E-state index is 0.433. The largest absolute Gasteiger partial charge is 0.480 e. The Hall–Kier alpha value is -1.75. The Morgan fingerprint density at radius 3 is 2.81 bits per heavy atom. The van der Waals surface area contributed by atoms with Crippen LogP contribution in [0.1, 0.15) is 24.6 Å². The molecule has 1 heterocycles. The second-order valence-electron chi connectivity index (χ2n) is 4.91. The first-order chi connectivity index (χ1) is 10.2. The van der Waals surface area contributed by atoms with Gasteiger partial charge in [0.15, 0.2) is 0 Å². The van der Waals surface area contributed by atoms with Gasteiger partial charge in [-0.05, 0) is 18.4 Å². The normalized spacial score (nSPS) is 12.2. The quantitative estimate of drug-likeness (QED) is 0.813. The average Bonchev–Trinajstić information content (AvgIpc) is 2.92.